The molecule has 1 aliphatic heterocycles. The van der Waals surface area contributed by atoms with Crippen molar-refractivity contribution in [1.82, 2.24) is 0 Å². The highest BCUT2D eigenvalue weighted by molar-refractivity contribution is 8.14. The lowest BCUT2D eigenvalue weighted by Gasteiger charge is -1.97. The van der Waals surface area contributed by atoms with Crippen molar-refractivity contribution in [3.63, 3.8) is 0 Å². The van der Waals surface area contributed by atoms with Gasteiger partial charge in [-0.3, -0.25) is 0 Å². The summed E-state index contributed by atoms with van der Waals surface area (Å²) < 4.78 is 0. The zero-order valence-corrected chi connectivity index (χ0v) is 8.20. The Labute approximate surface area is 86.4 Å². The largest absolute Gasteiger partial charge is 0.376 e. The van der Waals surface area contributed by atoms with E-state index in [1.807, 2.05) is 36.4 Å². The van der Waals surface area contributed by atoms with Crippen LogP contribution in [-0.4, -0.2) is 11.1 Å². The molecule has 4 heteroatoms. The fraction of sp³-hybridized carbons (Fsp3) is 0.200. The van der Waals surface area contributed by atoms with Gasteiger partial charge in [-0.25, -0.2) is 0 Å². The third-order valence-electron chi connectivity index (χ3n) is 1.76. The van der Waals surface area contributed by atoms with Gasteiger partial charge in [0.25, 0.3) is 0 Å². The van der Waals surface area contributed by atoms with Crippen LogP contribution in [0.5, 0.6) is 0 Å². The summed E-state index contributed by atoms with van der Waals surface area (Å²) in [5.74, 6) is 0. The van der Waals surface area contributed by atoms with Gasteiger partial charge in [-0.1, -0.05) is 35.1 Å². The van der Waals surface area contributed by atoms with Gasteiger partial charge in [0.2, 0.25) is 6.10 Å². The molecule has 0 aromatic heterocycles. The number of hydrogen-bond donors (Lipinski definition) is 0. The van der Waals surface area contributed by atoms with Crippen molar-refractivity contribution in [2.24, 2.45) is 5.16 Å². The van der Waals surface area contributed by atoms with Gasteiger partial charge >= 0.3 is 0 Å². The summed E-state index contributed by atoms with van der Waals surface area (Å²) in [7, 11) is 0. The average molecular weight is 204 g/mol. The van der Waals surface area contributed by atoms with E-state index in [0.29, 0.717) is 6.42 Å². The van der Waals surface area contributed by atoms with E-state index in [9.17, 15) is 0 Å². The molecule has 0 aliphatic carbocycles. The molecule has 0 radical (unpaired) electrons. The predicted molar refractivity (Wildman–Crippen MR) is 54.8 cm³/mol. The number of oxime groups is 1. The van der Waals surface area contributed by atoms with E-state index >= 15 is 0 Å². The second kappa shape index (κ2) is 4.16. The van der Waals surface area contributed by atoms with E-state index in [1.54, 1.807) is 11.8 Å². The van der Waals surface area contributed by atoms with Crippen LogP contribution < -0.4 is 0 Å². The topological polar surface area (TPSA) is 45.4 Å². The minimum Gasteiger partial charge on any atom is -0.376 e. The summed E-state index contributed by atoms with van der Waals surface area (Å²) in [6.45, 7) is 0. The van der Waals surface area contributed by atoms with E-state index in [4.69, 9.17) is 10.1 Å². The van der Waals surface area contributed by atoms with E-state index in [0.717, 1.165) is 9.94 Å². The molecule has 0 N–H and O–H groups in total. The SMILES string of the molecule is N#CC1CC(Sc2ccccc2)=NO1. The first-order valence-corrected chi connectivity index (χ1v) is 5.05. The van der Waals surface area contributed by atoms with E-state index < -0.39 is 6.10 Å². The summed E-state index contributed by atoms with van der Waals surface area (Å²) in [5.41, 5.74) is 0. The van der Waals surface area contributed by atoms with Crippen LogP contribution in [0.2, 0.25) is 0 Å². The number of rotatable bonds is 1. The first kappa shape index (κ1) is 9.10. The Kier molecular flexibility index (Phi) is 2.70. The Morgan fingerprint density at radius 3 is 2.86 bits per heavy atom. The molecule has 0 spiro atoms. The molecule has 1 atom stereocenters. The van der Waals surface area contributed by atoms with Gasteiger partial charge in [0.15, 0.2) is 0 Å². The maximum Gasteiger partial charge on any atom is 0.218 e. The van der Waals surface area contributed by atoms with Crippen molar-refractivity contribution in [2.75, 3.05) is 0 Å². The summed E-state index contributed by atoms with van der Waals surface area (Å²) >= 11 is 1.54. The Hall–Kier alpha value is -1.47. The van der Waals surface area contributed by atoms with Crippen molar-refractivity contribution >= 4 is 16.8 Å². The molecule has 1 aliphatic rings. The molecule has 70 valence electrons. The molecule has 0 amide bonds. The molecule has 3 nitrogen and oxygen atoms in total. The van der Waals surface area contributed by atoms with Gasteiger partial charge in [0.1, 0.15) is 11.1 Å². The van der Waals surface area contributed by atoms with Gasteiger partial charge < -0.3 is 4.84 Å². The highest BCUT2D eigenvalue weighted by atomic mass is 32.2. The third-order valence-corrected chi connectivity index (χ3v) is 2.75. The first-order chi connectivity index (χ1) is 6.88. The van der Waals surface area contributed by atoms with Crippen LogP contribution >= 0.6 is 11.8 Å². The van der Waals surface area contributed by atoms with Gasteiger partial charge in [0, 0.05) is 4.90 Å². The number of thioether (sulfide) groups is 1. The monoisotopic (exact) mass is 204 g/mol. The Balaban J connectivity index is 1.98. The molecular formula is C10H8N2OS. The minimum atomic E-state index is -0.402. The highest BCUT2D eigenvalue weighted by Crippen LogP contribution is 2.25. The van der Waals surface area contributed by atoms with Crippen LogP contribution in [0.4, 0.5) is 0 Å². The number of hydrogen-bond acceptors (Lipinski definition) is 4. The third kappa shape index (κ3) is 2.06. The van der Waals surface area contributed by atoms with Crippen molar-refractivity contribution < 1.29 is 4.84 Å². The van der Waals surface area contributed by atoms with Crippen molar-refractivity contribution in [2.45, 2.75) is 17.4 Å². The molecular weight excluding hydrogens is 196 g/mol. The lowest BCUT2D eigenvalue weighted by Crippen LogP contribution is -2.01. The van der Waals surface area contributed by atoms with E-state index in [2.05, 4.69) is 5.16 Å². The number of nitriles is 1. The van der Waals surface area contributed by atoms with Crippen LogP contribution in [0, 0.1) is 11.3 Å². The fourth-order valence-corrected chi connectivity index (χ4v) is 1.99. The smallest absolute Gasteiger partial charge is 0.218 e. The van der Waals surface area contributed by atoms with Gasteiger partial charge in [-0.2, -0.15) is 5.26 Å². The van der Waals surface area contributed by atoms with Crippen molar-refractivity contribution in [3.05, 3.63) is 30.3 Å². The summed E-state index contributed by atoms with van der Waals surface area (Å²) in [5, 5.41) is 13.3. The Bertz CT molecular complexity index is 383. The summed E-state index contributed by atoms with van der Waals surface area (Å²) in [6.07, 6.45) is 0.192. The predicted octanol–water partition coefficient (Wildman–Crippen LogP) is 2.40. The summed E-state index contributed by atoms with van der Waals surface area (Å²) in [4.78, 5) is 6.01. The molecule has 0 saturated carbocycles. The zero-order chi connectivity index (χ0) is 9.80. The van der Waals surface area contributed by atoms with E-state index in [1.165, 1.54) is 0 Å². The van der Waals surface area contributed by atoms with Gasteiger partial charge in [0.05, 0.1) is 6.42 Å². The van der Waals surface area contributed by atoms with Gasteiger partial charge in [-0.05, 0) is 12.1 Å². The zero-order valence-electron chi connectivity index (χ0n) is 7.38. The molecule has 14 heavy (non-hydrogen) atoms. The van der Waals surface area contributed by atoms with Gasteiger partial charge in [-0.15, -0.1) is 0 Å². The molecule has 0 bridgehead atoms. The molecule has 0 saturated heterocycles. The number of nitrogens with zero attached hydrogens (tertiary/aromatic N) is 2. The molecule has 2 rings (SSSR count). The van der Waals surface area contributed by atoms with Crippen LogP contribution in [0.15, 0.2) is 40.4 Å². The second-order valence-electron chi connectivity index (χ2n) is 2.83. The number of benzene rings is 1. The molecule has 1 aromatic rings. The van der Waals surface area contributed by atoms with Crippen LogP contribution in [0.3, 0.4) is 0 Å². The Morgan fingerprint density at radius 2 is 2.21 bits per heavy atom. The van der Waals surface area contributed by atoms with Crippen LogP contribution in [0.25, 0.3) is 0 Å². The quantitative estimate of drug-likeness (QED) is 0.705. The average Bonchev–Trinajstić information content (AvgIpc) is 2.67. The van der Waals surface area contributed by atoms with Crippen LogP contribution in [0.1, 0.15) is 6.42 Å². The first-order valence-electron chi connectivity index (χ1n) is 4.23. The Morgan fingerprint density at radius 1 is 1.43 bits per heavy atom. The standard InChI is InChI=1S/C10H8N2OS/c11-7-8-6-10(12-13-8)14-9-4-2-1-3-5-9/h1-5,8H,6H2. The summed E-state index contributed by atoms with van der Waals surface area (Å²) in [6, 6.07) is 12.0. The lowest BCUT2D eigenvalue weighted by molar-refractivity contribution is 0.125. The van der Waals surface area contributed by atoms with Crippen molar-refractivity contribution in [3.8, 4) is 6.07 Å². The van der Waals surface area contributed by atoms with Crippen LogP contribution in [-0.2, 0) is 4.84 Å². The minimum absolute atomic E-state index is 0.402. The fourth-order valence-electron chi connectivity index (χ4n) is 1.11. The van der Waals surface area contributed by atoms with E-state index in [-0.39, 0.29) is 0 Å². The second-order valence-corrected chi connectivity index (χ2v) is 3.97. The molecule has 0 fully saturated rings. The van der Waals surface area contributed by atoms with Crippen molar-refractivity contribution in [1.29, 1.82) is 5.26 Å². The molecule has 1 heterocycles. The normalized spacial score (nSPS) is 19.6. The molecule has 1 aromatic carbocycles. The lowest BCUT2D eigenvalue weighted by atomic mass is 10.3. The molecule has 1 unspecified atom stereocenters. The maximum atomic E-state index is 8.59. The highest BCUT2D eigenvalue weighted by Gasteiger charge is 2.20. The maximum absolute atomic E-state index is 8.59.